The third kappa shape index (κ3) is 11.8. The first kappa shape index (κ1) is 40.2. The van der Waals surface area contributed by atoms with E-state index in [1.807, 2.05) is 48.5 Å². The molecule has 12 nitrogen and oxygen atoms in total. The number of hydrogen-bond donors (Lipinski definition) is 0. The molecule has 0 aliphatic carbocycles. The van der Waals surface area contributed by atoms with Gasteiger partial charge in [-0.2, -0.15) is 20.5 Å². The third-order valence-corrected chi connectivity index (χ3v) is 9.45. The highest BCUT2D eigenvalue weighted by molar-refractivity contribution is 5.90. The monoisotopic (exact) mass is 762 g/mol. The first-order valence-electron chi connectivity index (χ1n) is 19.6. The molecule has 0 bridgehead atoms. The normalized spacial score (nSPS) is 19.0. The number of carbonyl (C=O) groups is 2. The van der Waals surface area contributed by atoms with Gasteiger partial charge in [-0.05, 0) is 110 Å². The molecule has 0 spiro atoms. The van der Waals surface area contributed by atoms with E-state index in [4.69, 9.17) is 28.4 Å². The van der Waals surface area contributed by atoms with Gasteiger partial charge < -0.3 is 28.4 Å². The zero-order valence-corrected chi connectivity index (χ0v) is 32.1. The number of azo groups is 2. The average molecular weight is 763 g/mol. The molecule has 0 unspecified atom stereocenters. The fourth-order valence-electron chi connectivity index (χ4n) is 6.26. The Labute approximate surface area is 328 Å². The van der Waals surface area contributed by atoms with E-state index < -0.39 is 36.4 Å². The van der Waals surface area contributed by atoms with Crippen LogP contribution in [0.5, 0.6) is 11.5 Å². The summed E-state index contributed by atoms with van der Waals surface area (Å²) in [6.07, 6.45) is 6.84. The van der Waals surface area contributed by atoms with Crippen molar-refractivity contribution >= 4 is 34.7 Å². The lowest BCUT2D eigenvalue weighted by atomic mass is 10.1. The van der Waals surface area contributed by atoms with Crippen molar-refractivity contribution in [1.29, 1.82) is 0 Å². The molecule has 2 saturated heterocycles. The van der Waals surface area contributed by atoms with Gasteiger partial charge in [-0.1, -0.05) is 52.4 Å². The summed E-state index contributed by atoms with van der Waals surface area (Å²) in [6.45, 7) is 6.03. The lowest BCUT2D eigenvalue weighted by Gasteiger charge is -2.17. The largest absolute Gasteiger partial charge is 0.494 e. The number of unbranched alkanes of at least 4 members (excludes halogenated alkanes) is 6. The van der Waals surface area contributed by atoms with Crippen LogP contribution in [-0.2, 0) is 18.9 Å². The van der Waals surface area contributed by atoms with Crippen LogP contribution >= 0.6 is 0 Å². The first-order chi connectivity index (χ1) is 27.5. The van der Waals surface area contributed by atoms with Crippen molar-refractivity contribution in [3.8, 4) is 11.5 Å². The number of ether oxygens (including phenoxy) is 6. The van der Waals surface area contributed by atoms with Gasteiger partial charge in [0, 0.05) is 0 Å². The van der Waals surface area contributed by atoms with E-state index in [2.05, 4.69) is 34.3 Å². The summed E-state index contributed by atoms with van der Waals surface area (Å²) in [5.74, 6) is 0.573. The zero-order chi connectivity index (χ0) is 39.0. The Bertz CT molecular complexity index is 1740. The second-order valence-corrected chi connectivity index (χ2v) is 13.8. The highest BCUT2D eigenvalue weighted by Gasteiger charge is 2.51. The molecule has 56 heavy (non-hydrogen) atoms. The number of carbonyl (C=O) groups excluding carboxylic acids is 2. The summed E-state index contributed by atoms with van der Waals surface area (Å²) >= 11 is 0. The Morgan fingerprint density at radius 1 is 0.500 bits per heavy atom. The van der Waals surface area contributed by atoms with Crippen LogP contribution in [0.15, 0.2) is 118 Å². The van der Waals surface area contributed by atoms with E-state index in [0.717, 1.165) is 24.3 Å². The van der Waals surface area contributed by atoms with E-state index in [9.17, 15) is 9.59 Å². The minimum Gasteiger partial charge on any atom is -0.494 e. The maximum atomic E-state index is 13.0. The van der Waals surface area contributed by atoms with Crippen LogP contribution in [0.4, 0.5) is 22.7 Å². The van der Waals surface area contributed by atoms with E-state index in [1.165, 1.54) is 38.5 Å². The molecular formula is C44H50N4O8. The second kappa shape index (κ2) is 21.0. The number of esters is 2. The lowest BCUT2D eigenvalue weighted by molar-refractivity contribution is -0.0287. The van der Waals surface area contributed by atoms with Crippen LogP contribution in [0.1, 0.15) is 85.9 Å². The van der Waals surface area contributed by atoms with Crippen molar-refractivity contribution in [3.05, 3.63) is 108 Å². The smallest absolute Gasteiger partial charge is 0.338 e. The molecule has 6 rings (SSSR count). The predicted octanol–water partition coefficient (Wildman–Crippen LogP) is 11.0. The van der Waals surface area contributed by atoms with Crippen molar-refractivity contribution < 1.29 is 38.0 Å². The molecule has 0 saturated carbocycles. The molecule has 2 aliphatic heterocycles. The highest BCUT2D eigenvalue weighted by atomic mass is 16.7. The molecule has 2 fully saturated rings. The number of fused-ring (bicyclic) bond motifs is 1. The van der Waals surface area contributed by atoms with E-state index in [-0.39, 0.29) is 13.2 Å². The Kier molecular flexibility index (Phi) is 15.1. The number of hydrogen-bond acceptors (Lipinski definition) is 12. The van der Waals surface area contributed by atoms with Crippen molar-refractivity contribution in [2.75, 3.05) is 26.4 Å². The molecule has 4 aromatic rings. The standard InChI is InChI=1S/C44H50N4O8/c1-3-5-7-9-27-51-37-23-19-35(20-24-37)47-45-33-15-11-31(12-16-33)43(49)55-39-29-53-42-40(30-54-41(39)42)56-44(50)32-13-17-34(18-14-32)46-48-36-21-25-38(26-22-36)52-28-10-8-6-4-2/h11-26,39-42H,3-10,27-30H2,1-2H3/t39-,40+,41-,42-/m1/s1. The maximum absolute atomic E-state index is 13.0. The van der Waals surface area contributed by atoms with E-state index in [1.54, 1.807) is 48.5 Å². The number of benzene rings is 4. The van der Waals surface area contributed by atoms with Crippen LogP contribution in [0.3, 0.4) is 0 Å². The van der Waals surface area contributed by atoms with Crippen molar-refractivity contribution in [1.82, 2.24) is 0 Å². The molecular weight excluding hydrogens is 713 g/mol. The molecule has 0 aromatic heterocycles. The van der Waals surface area contributed by atoms with Gasteiger partial charge in [-0.15, -0.1) is 0 Å². The van der Waals surface area contributed by atoms with Gasteiger partial charge in [0.1, 0.15) is 23.7 Å². The Hall–Kier alpha value is -5.46. The Balaban J connectivity index is 0.920. The molecule has 12 heteroatoms. The number of nitrogens with zero attached hydrogens (tertiary/aromatic N) is 4. The van der Waals surface area contributed by atoms with Gasteiger partial charge in [0.2, 0.25) is 0 Å². The average Bonchev–Trinajstić information content (AvgIpc) is 3.83. The fourth-order valence-corrected chi connectivity index (χ4v) is 6.26. The van der Waals surface area contributed by atoms with Crippen molar-refractivity contribution in [2.24, 2.45) is 20.5 Å². The summed E-state index contributed by atoms with van der Waals surface area (Å²) in [4.78, 5) is 26.0. The summed E-state index contributed by atoms with van der Waals surface area (Å²) < 4.78 is 34.9. The lowest BCUT2D eigenvalue weighted by Crippen LogP contribution is -2.36. The molecule has 0 amide bonds. The molecule has 4 atom stereocenters. The minimum atomic E-state index is -0.650. The summed E-state index contributed by atoms with van der Waals surface area (Å²) in [5.41, 5.74) is 3.27. The summed E-state index contributed by atoms with van der Waals surface area (Å²) in [5, 5.41) is 17.1. The van der Waals surface area contributed by atoms with Gasteiger partial charge in [-0.3, -0.25) is 0 Å². The second-order valence-electron chi connectivity index (χ2n) is 13.8. The molecule has 4 aromatic carbocycles. The summed E-state index contributed by atoms with van der Waals surface area (Å²) in [7, 11) is 0. The summed E-state index contributed by atoms with van der Waals surface area (Å²) in [6, 6.07) is 28.3. The zero-order valence-electron chi connectivity index (χ0n) is 32.1. The van der Waals surface area contributed by atoms with Gasteiger partial charge >= 0.3 is 11.9 Å². The van der Waals surface area contributed by atoms with Crippen LogP contribution in [0.2, 0.25) is 0 Å². The van der Waals surface area contributed by atoms with E-state index >= 15 is 0 Å². The highest BCUT2D eigenvalue weighted by Crippen LogP contribution is 2.32. The molecule has 2 heterocycles. The molecule has 294 valence electrons. The van der Waals surface area contributed by atoms with Crippen LogP contribution in [-0.4, -0.2) is 62.8 Å². The quantitative estimate of drug-likeness (QED) is 0.0492. The molecule has 0 radical (unpaired) electrons. The molecule has 2 aliphatic rings. The van der Waals surface area contributed by atoms with Gasteiger partial charge in [0.15, 0.2) is 12.2 Å². The van der Waals surface area contributed by atoms with Gasteiger partial charge in [0.25, 0.3) is 0 Å². The molecule has 0 N–H and O–H groups in total. The predicted molar refractivity (Wildman–Crippen MR) is 211 cm³/mol. The van der Waals surface area contributed by atoms with Crippen LogP contribution in [0.25, 0.3) is 0 Å². The maximum Gasteiger partial charge on any atom is 0.338 e. The van der Waals surface area contributed by atoms with E-state index in [0.29, 0.717) is 47.1 Å². The topological polar surface area (TPSA) is 139 Å². The van der Waals surface area contributed by atoms with Crippen LogP contribution < -0.4 is 9.47 Å². The first-order valence-corrected chi connectivity index (χ1v) is 19.6. The Morgan fingerprint density at radius 3 is 1.18 bits per heavy atom. The fraction of sp³-hybridized carbons (Fsp3) is 0.409. The Morgan fingerprint density at radius 2 is 0.839 bits per heavy atom. The van der Waals surface area contributed by atoms with Crippen molar-refractivity contribution in [2.45, 2.75) is 89.6 Å². The van der Waals surface area contributed by atoms with Crippen LogP contribution in [0, 0.1) is 0 Å². The van der Waals surface area contributed by atoms with Crippen molar-refractivity contribution in [3.63, 3.8) is 0 Å². The van der Waals surface area contributed by atoms with Gasteiger partial charge in [-0.25, -0.2) is 9.59 Å². The minimum absolute atomic E-state index is 0.124. The SMILES string of the molecule is CCCCCCOc1ccc(N=Nc2ccc(C(=O)O[C@H]3CO[C@H]4[C@@H]3OC[C@H]4OC(=O)c3ccc(N=Nc4ccc(OCCCCCC)cc4)cc3)cc2)cc1. The number of rotatable bonds is 20. The third-order valence-electron chi connectivity index (χ3n) is 9.45. The van der Waals surface area contributed by atoms with Gasteiger partial charge in [0.05, 0.1) is 60.3 Å².